The van der Waals surface area contributed by atoms with E-state index in [0.29, 0.717) is 10.4 Å². The number of hydrogen-bond donors (Lipinski definition) is 3. The van der Waals surface area contributed by atoms with Gasteiger partial charge in [0.1, 0.15) is 5.75 Å². The van der Waals surface area contributed by atoms with Crippen LogP contribution in [0.1, 0.15) is 12.5 Å². The highest BCUT2D eigenvalue weighted by Gasteiger charge is 2.42. The predicted molar refractivity (Wildman–Crippen MR) is 137 cm³/mol. The van der Waals surface area contributed by atoms with Crippen molar-refractivity contribution in [1.82, 2.24) is 9.82 Å². The number of para-hydroxylation sites is 3. The number of hydroxylamine groups is 1. The molecule has 1 atom stereocenters. The summed E-state index contributed by atoms with van der Waals surface area (Å²) in [5, 5.41) is 11.7. The van der Waals surface area contributed by atoms with Gasteiger partial charge in [0, 0.05) is 35.7 Å². The van der Waals surface area contributed by atoms with E-state index in [4.69, 9.17) is 14.3 Å². The first-order valence-electron chi connectivity index (χ1n) is 11.4. The maximum absolute atomic E-state index is 13.0. The Kier molecular flexibility index (Phi) is 8.08. The van der Waals surface area contributed by atoms with Gasteiger partial charge in [0.05, 0.1) is 11.5 Å². The molecular weight excluding hydrogens is 517 g/mol. The lowest BCUT2D eigenvalue weighted by Gasteiger charge is -2.29. The predicted octanol–water partition coefficient (Wildman–Crippen LogP) is 4.73. The number of non-ortho nitro benzene ring substituents is 1. The number of fused-ring (bicyclic) bond motifs is 1. The molecule has 0 fully saturated rings. The Balaban J connectivity index is 1.67. The van der Waals surface area contributed by atoms with Crippen LogP contribution in [0.15, 0.2) is 79.0 Å². The number of esters is 1. The van der Waals surface area contributed by atoms with Crippen molar-refractivity contribution in [3.05, 3.63) is 94.7 Å². The maximum atomic E-state index is 13.0. The molecule has 12 nitrogen and oxygen atoms in total. The van der Waals surface area contributed by atoms with Crippen molar-refractivity contribution in [2.24, 2.45) is 0 Å². The van der Waals surface area contributed by atoms with Crippen LogP contribution in [0.2, 0.25) is 0 Å². The van der Waals surface area contributed by atoms with E-state index in [2.05, 4.69) is 4.98 Å². The van der Waals surface area contributed by atoms with Gasteiger partial charge in [-0.2, -0.15) is 0 Å². The van der Waals surface area contributed by atoms with Crippen molar-refractivity contribution >= 4 is 30.3 Å². The van der Waals surface area contributed by atoms with Gasteiger partial charge in [-0.25, -0.2) is 4.57 Å². The SMILES string of the molecule is CCOC(=O)[C@H](Cc1c[nH]c2ccccc12)N(Oc1ccccc1Oc1ccc([N+](=O)[O-])cc1)P(=O)(O)O. The molecular formula is C25H24N3O9P. The van der Waals surface area contributed by atoms with Gasteiger partial charge in [-0.3, -0.25) is 14.9 Å². The normalized spacial score (nSPS) is 12.3. The summed E-state index contributed by atoms with van der Waals surface area (Å²) in [5.41, 5.74) is 1.27. The quantitative estimate of drug-likeness (QED) is 0.105. The smallest absolute Gasteiger partial charge is 0.436 e. The molecule has 0 radical (unpaired) electrons. The van der Waals surface area contributed by atoms with Crippen LogP contribution in [-0.4, -0.2) is 43.1 Å². The number of nitrogens with one attached hydrogen (secondary N) is 1. The van der Waals surface area contributed by atoms with Crippen LogP contribution in [0.3, 0.4) is 0 Å². The van der Waals surface area contributed by atoms with Gasteiger partial charge in [0.25, 0.3) is 5.69 Å². The summed E-state index contributed by atoms with van der Waals surface area (Å²) in [4.78, 5) is 52.8. The zero-order valence-electron chi connectivity index (χ0n) is 20.1. The molecule has 0 aliphatic carbocycles. The number of H-pyrrole nitrogens is 1. The summed E-state index contributed by atoms with van der Waals surface area (Å²) in [6.45, 7) is 1.56. The molecule has 3 aromatic carbocycles. The molecule has 0 unspecified atom stereocenters. The molecule has 13 heteroatoms. The van der Waals surface area contributed by atoms with Crippen molar-refractivity contribution in [3.8, 4) is 17.2 Å². The van der Waals surface area contributed by atoms with Gasteiger partial charge in [0.15, 0.2) is 17.5 Å². The lowest BCUT2D eigenvalue weighted by molar-refractivity contribution is -0.384. The molecule has 0 saturated heterocycles. The molecule has 0 amide bonds. The standard InChI is InChI=1S/C25H24N3O9P/c1-2-35-25(29)22(15-17-16-26-21-8-4-3-7-20(17)21)28(38(32,33)34)37-24-10-6-5-9-23(24)36-19-13-11-18(12-14-19)27(30)31/h3-14,16,22,26H,2,15H2,1H3,(H2,32,33,34)/t22-/m0/s1. The molecule has 0 aliphatic heterocycles. The number of carbonyl (C=O) groups excluding carboxylic acids is 1. The molecule has 3 N–H and O–H groups in total. The van der Waals surface area contributed by atoms with Crippen molar-refractivity contribution in [2.45, 2.75) is 19.4 Å². The van der Waals surface area contributed by atoms with Gasteiger partial charge >= 0.3 is 13.7 Å². The molecule has 0 bridgehead atoms. The number of hydrogen-bond acceptors (Lipinski definition) is 7. The number of benzene rings is 3. The van der Waals surface area contributed by atoms with Crippen molar-refractivity contribution in [3.63, 3.8) is 0 Å². The molecule has 0 saturated carbocycles. The zero-order chi connectivity index (χ0) is 27.3. The second-order valence-electron chi connectivity index (χ2n) is 8.04. The minimum Gasteiger partial charge on any atom is -0.465 e. The molecule has 1 heterocycles. The van der Waals surface area contributed by atoms with E-state index in [0.717, 1.165) is 10.9 Å². The molecule has 38 heavy (non-hydrogen) atoms. The number of nitrogens with zero attached hydrogens (tertiary/aromatic N) is 2. The van der Waals surface area contributed by atoms with Crippen LogP contribution in [0.25, 0.3) is 10.9 Å². The minimum absolute atomic E-state index is 0.0158. The number of aromatic amines is 1. The van der Waals surface area contributed by atoms with Crippen molar-refractivity contribution in [2.75, 3.05) is 6.61 Å². The lowest BCUT2D eigenvalue weighted by Crippen LogP contribution is -2.43. The molecule has 198 valence electrons. The third kappa shape index (κ3) is 6.18. The Hall–Kier alpha value is -4.22. The second kappa shape index (κ2) is 11.4. The summed E-state index contributed by atoms with van der Waals surface area (Å²) in [6, 6.07) is 17.0. The fourth-order valence-corrected chi connectivity index (χ4v) is 4.50. The first-order valence-corrected chi connectivity index (χ1v) is 13.0. The van der Waals surface area contributed by atoms with Gasteiger partial charge in [0.2, 0.25) is 0 Å². The highest BCUT2D eigenvalue weighted by molar-refractivity contribution is 7.49. The van der Waals surface area contributed by atoms with E-state index in [1.165, 1.54) is 36.4 Å². The van der Waals surface area contributed by atoms with Gasteiger partial charge < -0.3 is 29.1 Å². The largest absolute Gasteiger partial charge is 0.465 e. The summed E-state index contributed by atoms with van der Waals surface area (Å²) in [6.07, 6.45) is 1.51. The van der Waals surface area contributed by atoms with Gasteiger partial charge in [-0.1, -0.05) is 30.3 Å². The van der Waals surface area contributed by atoms with Crippen molar-refractivity contribution < 1.29 is 38.4 Å². The first kappa shape index (κ1) is 26.8. The van der Waals surface area contributed by atoms with E-state index in [-0.39, 0.29) is 36.0 Å². The maximum Gasteiger partial charge on any atom is 0.436 e. The summed E-state index contributed by atoms with van der Waals surface area (Å²) in [7, 11) is -5.20. The fourth-order valence-electron chi connectivity index (χ4n) is 3.77. The van der Waals surface area contributed by atoms with Crippen LogP contribution < -0.4 is 9.57 Å². The number of ether oxygens (including phenoxy) is 2. The number of aromatic nitrogens is 1. The Labute approximate surface area is 216 Å². The van der Waals surface area contributed by atoms with E-state index < -0.39 is 24.7 Å². The summed E-state index contributed by atoms with van der Waals surface area (Å²) < 4.78 is 23.5. The van der Waals surface area contributed by atoms with E-state index in [1.807, 2.05) is 24.3 Å². The summed E-state index contributed by atoms with van der Waals surface area (Å²) in [5.74, 6) is -0.734. The van der Waals surface area contributed by atoms with Crippen LogP contribution in [0.5, 0.6) is 17.2 Å². The summed E-state index contributed by atoms with van der Waals surface area (Å²) >= 11 is 0. The number of nitro benzene ring substituents is 1. The highest BCUT2D eigenvalue weighted by atomic mass is 31.2. The van der Waals surface area contributed by atoms with E-state index in [1.54, 1.807) is 25.3 Å². The Morgan fingerprint density at radius 1 is 1.05 bits per heavy atom. The van der Waals surface area contributed by atoms with Gasteiger partial charge in [-0.15, -0.1) is 0 Å². The minimum atomic E-state index is -5.20. The first-order chi connectivity index (χ1) is 18.2. The Morgan fingerprint density at radius 2 is 1.71 bits per heavy atom. The van der Waals surface area contributed by atoms with E-state index >= 15 is 0 Å². The average molecular weight is 541 g/mol. The molecule has 0 aliphatic rings. The third-order valence-electron chi connectivity index (χ3n) is 5.49. The van der Waals surface area contributed by atoms with Gasteiger partial charge in [-0.05, 0) is 47.7 Å². The fraction of sp³-hybridized carbons (Fsp3) is 0.160. The molecule has 1 aromatic heterocycles. The lowest BCUT2D eigenvalue weighted by atomic mass is 10.1. The highest BCUT2D eigenvalue weighted by Crippen LogP contribution is 2.45. The van der Waals surface area contributed by atoms with Crippen LogP contribution >= 0.6 is 7.75 Å². The monoisotopic (exact) mass is 541 g/mol. The average Bonchev–Trinajstić information content (AvgIpc) is 3.29. The Bertz CT molecular complexity index is 1480. The second-order valence-corrected chi connectivity index (χ2v) is 9.46. The topological polar surface area (TPSA) is 164 Å². The number of nitro groups is 1. The van der Waals surface area contributed by atoms with E-state index in [9.17, 15) is 29.3 Å². The molecule has 0 spiro atoms. The molecule has 4 rings (SSSR count). The van der Waals surface area contributed by atoms with Crippen LogP contribution in [0, 0.1) is 10.1 Å². The number of carbonyl (C=O) groups is 1. The third-order valence-corrected chi connectivity index (χ3v) is 6.36. The van der Waals surface area contributed by atoms with Crippen LogP contribution in [-0.2, 0) is 20.5 Å². The van der Waals surface area contributed by atoms with Crippen LogP contribution in [0.4, 0.5) is 5.69 Å². The van der Waals surface area contributed by atoms with Crippen molar-refractivity contribution in [1.29, 1.82) is 0 Å². The zero-order valence-corrected chi connectivity index (χ0v) is 21.0. The Morgan fingerprint density at radius 3 is 2.37 bits per heavy atom. The molecule has 4 aromatic rings. The number of rotatable bonds is 11.